The number of benzene rings is 1. The van der Waals surface area contributed by atoms with E-state index in [1.807, 2.05) is 6.92 Å². The number of carbonyl (C=O) groups is 1. The van der Waals surface area contributed by atoms with Crippen molar-refractivity contribution in [1.29, 1.82) is 0 Å². The second kappa shape index (κ2) is 6.99. The molecule has 1 heterocycles. The molecule has 2 atom stereocenters. The highest BCUT2D eigenvalue weighted by molar-refractivity contribution is 7.15. The van der Waals surface area contributed by atoms with Gasteiger partial charge in [-0.1, -0.05) is 54.0 Å². The summed E-state index contributed by atoms with van der Waals surface area (Å²) in [5, 5.41) is 12.7. The Bertz CT molecular complexity index is 708. The summed E-state index contributed by atoms with van der Waals surface area (Å²) < 4.78 is 0. The number of carbonyl (C=O) groups excluding carboxylic acids is 1. The summed E-state index contributed by atoms with van der Waals surface area (Å²) in [6.07, 6.45) is 4.61. The molecule has 1 amide bonds. The molecule has 1 aromatic carbocycles. The van der Waals surface area contributed by atoms with E-state index in [-0.39, 0.29) is 11.8 Å². The first-order valence-electron chi connectivity index (χ1n) is 8.42. The van der Waals surface area contributed by atoms with Crippen molar-refractivity contribution in [1.82, 2.24) is 10.2 Å². The Balaban J connectivity index is 1.63. The molecule has 2 aromatic rings. The van der Waals surface area contributed by atoms with Crippen molar-refractivity contribution in [3.8, 4) is 0 Å². The van der Waals surface area contributed by atoms with Crippen LogP contribution in [0.1, 0.15) is 48.7 Å². The second-order valence-corrected chi connectivity index (χ2v) is 8.02. The Morgan fingerprint density at radius 2 is 2.08 bits per heavy atom. The average Bonchev–Trinajstić information content (AvgIpc) is 2.96. The zero-order chi connectivity index (χ0) is 17.2. The van der Waals surface area contributed by atoms with Crippen LogP contribution in [0.15, 0.2) is 24.3 Å². The number of nitrogens with zero attached hydrogens (tertiary/aromatic N) is 2. The van der Waals surface area contributed by atoms with Crippen molar-refractivity contribution in [2.75, 3.05) is 5.32 Å². The highest BCUT2D eigenvalue weighted by Crippen LogP contribution is 2.32. The molecule has 0 radical (unpaired) electrons. The fourth-order valence-electron chi connectivity index (χ4n) is 3.24. The van der Waals surface area contributed by atoms with Gasteiger partial charge in [0.2, 0.25) is 11.0 Å². The van der Waals surface area contributed by atoms with E-state index in [1.54, 1.807) is 0 Å². The number of nitrogens with one attached hydrogen (secondary N) is 1. The molecule has 1 aliphatic rings. The summed E-state index contributed by atoms with van der Waals surface area (Å²) in [5.41, 5.74) is 8.30. The molecule has 128 valence electrons. The first-order valence-corrected chi connectivity index (χ1v) is 9.23. The van der Waals surface area contributed by atoms with Gasteiger partial charge in [0.25, 0.3) is 0 Å². The first kappa shape index (κ1) is 17.0. The number of hydrogen-bond donors (Lipinski definition) is 2. The smallest absolute Gasteiger partial charge is 0.231 e. The van der Waals surface area contributed by atoms with Crippen LogP contribution in [0.2, 0.25) is 0 Å². The molecule has 1 aromatic heterocycles. The van der Waals surface area contributed by atoms with Crippen molar-refractivity contribution < 1.29 is 4.79 Å². The number of rotatable bonds is 4. The summed E-state index contributed by atoms with van der Waals surface area (Å²) in [4.78, 5) is 12.5. The summed E-state index contributed by atoms with van der Waals surface area (Å²) >= 11 is 1.43. The predicted molar refractivity (Wildman–Crippen MR) is 97.1 cm³/mol. The fraction of sp³-hybridized carbons (Fsp3) is 0.500. The maximum atomic E-state index is 12.5. The second-order valence-electron chi connectivity index (χ2n) is 6.96. The van der Waals surface area contributed by atoms with E-state index in [2.05, 4.69) is 46.7 Å². The Hall–Kier alpha value is -1.79. The lowest BCUT2D eigenvalue weighted by Crippen LogP contribution is -2.51. The topological polar surface area (TPSA) is 80.9 Å². The number of anilines is 1. The molecule has 3 rings (SSSR count). The Kier molecular flexibility index (Phi) is 4.96. The Morgan fingerprint density at radius 1 is 1.33 bits per heavy atom. The molecule has 1 aliphatic carbocycles. The lowest BCUT2D eigenvalue weighted by atomic mass is 9.74. The molecule has 3 N–H and O–H groups in total. The van der Waals surface area contributed by atoms with E-state index in [4.69, 9.17) is 5.73 Å². The molecular formula is C18H24N4OS. The summed E-state index contributed by atoms with van der Waals surface area (Å²) in [6, 6.07) is 8.36. The fourth-order valence-corrected chi connectivity index (χ4v) is 4.01. The van der Waals surface area contributed by atoms with Crippen LogP contribution in [0.3, 0.4) is 0 Å². The molecule has 6 heteroatoms. The maximum absolute atomic E-state index is 12.5. The van der Waals surface area contributed by atoms with E-state index in [9.17, 15) is 4.79 Å². The van der Waals surface area contributed by atoms with Gasteiger partial charge in [-0.2, -0.15) is 0 Å². The molecular weight excluding hydrogens is 320 g/mol. The van der Waals surface area contributed by atoms with E-state index in [1.165, 1.54) is 22.5 Å². The van der Waals surface area contributed by atoms with Gasteiger partial charge in [0.15, 0.2) is 0 Å². The average molecular weight is 344 g/mol. The van der Waals surface area contributed by atoms with Crippen molar-refractivity contribution in [3.05, 3.63) is 40.4 Å². The predicted octanol–water partition coefficient (Wildman–Crippen LogP) is 3.28. The maximum Gasteiger partial charge on any atom is 0.231 e. The monoisotopic (exact) mass is 344 g/mol. The minimum atomic E-state index is -0.433. The zero-order valence-corrected chi connectivity index (χ0v) is 15.0. The van der Waals surface area contributed by atoms with Crippen molar-refractivity contribution in [3.63, 3.8) is 0 Å². The van der Waals surface area contributed by atoms with Gasteiger partial charge in [0, 0.05) is 12.0 Å². The van der Waals surface area contributed by atoms with Crippen LogP contribution in [0.25, 0.3) is 0 Å². The van der Waals surface area contributed by atoms with Crippen LogP contribution in [0.4, 0.5) is 5.13 Å². The van der Waals surface area contributed by atoms with E-state index in [0.29, 0.717) is 5.13 Å². The van der Waals surface area contributed by atoms with Gasteiger partial charge in [-0.3, -0.25) is 4.79 Å². The third-order valence-electron chi connectivity index (χ3n) is 4.74. The molecule has 0 spiro atoms. The summed E-state index contributed by atoms with van der Waals surface area (Å²) in [7, 11) is 0. The van der Waals surface area contributed by atoms with Crippen LogP contribution in [-0.2, 0) is 11.2 Å². The molecule has 1 fully saturated rings. The highest BCUT2D eigenvalue weighted by Gasteiger charge is 2.38. The Labute approximate surface area is 146 Å². The van der Waals surface area contributed by atoms with E-state index < -0.39 is 5.54 Å². The molecule has 2 unspecified atom stereocenters. The lowest BCUT2D eigenvalue weighted by molar-refractivity contribution is -0.122. The molecule has 0 bridgehead atoms. The number of amides is 1. The van der Waals surface area contributed by atoms with Crippen molar-refractivity contribution in [2.24, 2.45) is 11.7 Å². The van der Waals surface area contributed by atoms with Gasteiger partial charge in [0.05, 0.1) is 5.92 Å². The number of hydrogen-bond acceptors (Lipinski definition) is 5. The van der Waals surface area contributed by atoms with Crippen molar-refractivity contribution in [2.45, 2.75) is 51.5 Å². The number of aryl methyl sites for hydroxylation is 1. The van der Waals surface area contributed by atoms with Crippen LogP contribution in [0, 0.1) is 12.8 Å². The molecule has 0 aliphatic heterocycles. The quantitative estimate of drug-likeness (QED) is 0.892. The van der Waals surface area contributed by atoms with E-state index in [0.717, 1.165) is 37.1 Å². The molecule has 24 heavy (non-hydrogen) atoms. The number of nitrogens with two attached hydrogens (primary N) is 1. The molecule has 0 saturated heterocycles. The minimum absolute atomic E-state index is 0.0299. The van der Waals surface area contributed by atoms with Gasteiger partial charge < -0.3 is 11.1 Å². The molecule has 1 saturated carbocycles. The largest absolute Gasteiger partial charge is 0.325 e. The van der Waals surface area contributed by atoms with Gasteiger partial charge in [-0.05, 0) is 32.3 Å². The number of aromatic nitrogens is 2. The van der Waals surface area contributed by atoms with Crippen LogP contribution in [0.5, 0.6) is 0 Å². The lowest BCUT2D eigenvalue weighted by Gasteiger charge is -2.36. The standard InChI is InChI=1S/C18H24N4OS/c1-12-6-8-13(9-7-12)11-15-21-22-17(24-15)20-16(23)14-5-3-4-10-18(14,2)19/h6-9,14H,3-5,10-11,19H2,1-2H3,(H,20,22,23). The minimum Gasteiger partial charge on any atom is -0.325 e. The van der Waals surface area contributed by atoms with Gasteiger partial charge in [-0.25, -0.2) is 0 Å². The first-order chi connectivity index (χ1) is 11.4. The van der Waals surface area contributed by atoms with Gasteiger partial charge in [0.1, 0.15) is 5.01 Å². The van der Waals surface area contributed by atoms with Crippen LogP contribution < -0.4 is 11.1 Å². The van der Waals surface area contributed by atoms with Gasteiger partial charge >= 0.3 is 0 Å². The van der Waals surface area contributed by atoms with Crippen LogP contribution in [-0.4, -0.2) is 21.6 Å². The summed E-state index contributed by atoms with van der Waals surface area (Å²) in [5.74, 6) is -0.187. The van der Waals surface area contributed by atoms with Crippen LogP contribution >= 0.6 is 11.3 Å². The third-order valence-corrected chi connectivity index (χ3v) is 5.58. The molecule has 5 nitrogen and oxygen atoms in total. The normalized spacial score (nSPS) is 23.9. The van der Waals surface area contributed by atoms with E-state index >= 15 is 0 Å². The zero-order valence-electron chi connectivity index (χ0n) is 14.2. The summed E-state index contributed by atoms with van der Waals surface area (Å²) in [6.45, 7) is 4.04. The van der Waals surface area contributed by atoms with Gasteiger partial charge in [-0.15, -0.1) is 10.2 Å². The third kappa shape index (κ3) is 3.99. The highest BCUT2D eigenvalue weighted by atomic mass is 32.1. The SMILES string of the molecule is Cc1ccc(Cc2nnc(NC(=O)C3CCCCC3(C)N)s2)cc1. The van der Waals surface area contributed by atoms with Crippen molar-refractivity contribution >= 4 is 22.4 Å². The Morgan fingerprint density at radius 3 is 2.79 bits per heavy atom.